The summed E-state index contributed by atoms with van der Waals surface area (Å²) in [5.74, 6) is 0.944. The molecule has 136 valence electrons. The molecular weight excluding hydrogens is 344 g/mol. The van der Waals surface area contributed by atoms with Crippen molar-refractivity contribution in [3.05, 3.63) is 52.2 Å². The predicted octanol–water partition coefficient (Wildman–Crippen LogP) is 3.40. The molecule has 5 rings (SSSR count). The van der Waals surface area contributed by atoms with E-state index in [1.807, 2.05) is 24.3 Å². The van der Waals surface area contributed by atoms with Crippen LogP contribution in [0.25, 0.3) is 0 Å². The molecule has 1 amide bonds. The minimum atomic E-state index is -0.163. The molecule has 1 aliphatic carbocycles. The van der Waals surface area contributed by atoms with Gasteiger partial charge in [0.1, 0.15) is 18.3 Å². The highest BCUT2D eigenvalue weighted by molar-refractivity contribution is 7.07. The van der Waals surface area contributed by atoms with E-state index >= 15 is 0 Å². The molecule has 0 bridgehead atoms. The van der Waals surface area contributed by atoms with Crippen molar-refractivity contribution in [1.82, 2.24) is 10.2 Å². The number of fused-ring (bicyclic) bond motifs is 1. The summed E-state index contributed by atoms with van der Waals surface area (Å²) in [5.41, 5.74) is 2.63. The number of hydrogen-bond acceptors (Lipinski definition) is 4. The van der Waals surface area contributed by atoms with E-state index in [0.29, 0.717) is 18.1 Å². The van der Waals surface area contributed by atoms with Gasteiger partial charge in [0.05, 0.1) is 0 Å². The lowest BCUT2D eigenvalue weighted by molar-refractivity contribution is -0.135. The summed E-state index contributed by atoms with van der Waals surface area (Å²) in [4.78, 5) is 15.7. The number of para-hydroxylation sites is 1. The molecule has 3 aliphatic rings. The number of thiophene rings is 1. The Balaban J connectivity index is 1.42. The van der Waals surface area contributed by atoms with Crippen LogP contribution in [-0.2, 0) is 11.3 Å². The van der Waals surface area contributed by atoms with Crippen LogP contribution < -0.4 is 10.1 Å². The van der Waals surface area contributed by atoms with Gasteiger partial charge in [0.2, 0.25) is 5.91 Å². The maximum Gasteiger partial charge on any atom is 0.234 e. The molecule has 2 fully saturated rings. The Bertz CT molecular complexity index is 798. The van der Waals surface area contributed by atoms with Crippen molar-refractivity contribution in [2.75, 3.05) is 19.7 Å². The fourth-order valence-corrected chi connectivity index (χ4v) is 5.38. The molecule has 3 heterocycles. The normalized spacial score (nSPS) is 25.5. The minimum Gasteiger partial charge on any atom is -0.492 e. The molecule has 1 aromatic heterocycles. The standard InChI is InChI=1S/C21H24N2O2S/c24-20(17-13-25-18-4-2-1-3-16(17)18)23(12-15-5-10-26-14-15)19-11-21(19)6-8-22-9-7-21/h1-5,10,14,17,19,22H,6-9,11-13H2/t17-,19-/m1/s1. The van der Waals surface area contributed by atoms with Crippen molar-refractivity contribution in [2.45, 2.75) is 37.8 Å². The van der Waals surface area contributed by atoms with Gasteiger partial charge in [-0.05, 0) is 66.2 Å². The molecule has 1 N–H and O–H groups in total. The van der Waals surface area contributed by atoms with Crippen LogP contribution >= 0.6 is 11.3 Å². The predicted molar refractivity (Wildman–Crippen MR) is 102 cm³/mol. The first-order valence-corrected chi connectivity index (χ1v) is 10.5. The van der Waals surface area contributed by atoms with Gasteiger partial charge in [0, 0.05) is 18.2 Å². The molecule has 5 heteroatoms. The Hall–Kier alpha value is -1.85. The lowest BCUT2D eigenvalue weighted by Crippen LogP contribution is -2.41. The fourth-order valence-electron chi connectivity index (χ4n) is 4.72. The summed E-state index contributed by atoms with van der Waals surface area (Å²) in [5, 5.41) is 7.72. The number of nitrogens with one attached hydrogen (secondary N) is 1. The number of amides is 1. The molecule has 2 aliphatic heterocycles. The van der Waals surface area contributed by atoms with Crippen LogP contribution in [-0.4, -0.2) is 36.5 Å². The molecule has 1 spiro atoms. The first kappa shape index (κ1) is 16.3. The largest absolute Gasteiger partial charge is 0.492 e. The Kier molecular flexibility index (Phi) is 4.02. The van der Waals surface area contributed by atoms with Gasteiger partial charge in [-0.25, -0.2) is 0 Å². The number of rotatable bonds is 4. The fraction of sp³-hybridized carbons (Fsp3) is 0.476. The summed E-state index contributed by atoms with van der Waals surface area (Å²) >= 11 is 1.70. The van der Waals surface area contributed by atoms with Crippen LogP contribution in [0.1, 0.15) is 36.3 Å². The van der Waals surface area contributed by atoms with Crippen LogP contribution in [0.3, 0.4) is 0 Å². The third kappa shape index (κ3) is 2.74. The Morgan fingerprint density at radius 2 is 2.12 bits per heavy atom. The second-order valence-electron chi connectivity index (χ2n) is 7.83. The van der Waals surface area contributed by atoms with Gasteiger partial charge in [-0.15, -0.1) is 0 Å². The van der Waals surface area contributed by atoms with E-state index < -0.39 is 0 Å². The number of carbonyl (C=O) groups excluding carboxylic acids is 1. The molecule has 4 nitrogen and oxygen atoms in total. The second-order valence-corrected chi connectivity index (χ2v) is 8.61. The summed E-state index contributed by atoms with van der Waals surface area (Å²) in [6, 6.07) is 10.5. The van der Waals surface area contributed by atoms with E-state index in [9.17, 15) is 4.79 Å². The number of nitrogens with zero attached hydrogens (tertiary/aromatic N) is 1. The summed E-state index contributed by atoms with van der Waals surface area (Å²) < 4.78 is 5.80. The van der Waals surface area contributed by atoms with E-state index in [4.69, 9.17) is 4.74 Å². The third-order valence-corrected chi connectivity index (χ3v) is 7.07. The van der Waals surface area contributed by atoms with E-state index in [1.54, 1.807) is 11.3 Å². The van der Waals surface area contributed by atoms with Crippen molar-refractivity contribution < 1.29 is 9.53 Å². The van der Waals surface area contributed by atoms with Crippen LogP contribution in [0.5, 0.6) is 5.75 Å². The van der Waals surface area contributed by atoms with Crippen molar-refractivity contribution in [3.8, 4) is 5.75 Å². The van der Waals surface area contributed by atoms with E-state index in [1.165, 1.54) is 18.4 Å². The van der Waals surface area contributed by atoms with Crippen molar-refractivity contribution in [2.24, 2.45) is 5.41 Å². The molecule has 1 saturated heterocycles. The van der Waals surface area contributed by atoms with Crippen LogP contribution in [0.15, 0.2) is 41.1 Å². The monoisotopic (exact) mass is 368 g/mol. The first-order chi connectivity index (χ1) is 12.8. The molecule has 0 unspecified atom stereocenters. The van der Waals surface area contributed by atoms with Gasteiger partial charge in [-0.2, -0.15) is 11.3 Å². The Labute approximate surface area is 158 Å². The van der Waals surface area contributed by atoms with Gasteiger partial charge in [0.25, 0.3) is 0 Å². The number of hydrogen-bond donors (Lipinski definition) is 1. The highest BCUT2D eigenvalue weighted by Gasteiger charge is 2.58. The summed E-state index contributed by atoms with van der Waals surface area (Å²) in [6.07, 6.45) is 3.52. The van der Waals surface area contributed by atoms with Gasteiger partial charge in [-0.1, -0.05) is 18.2 Å². The zero-order valence-electron chi connectivity index (χ0n) is 14.8. The Morgan fingerprint density at radius 3 is 2.92 bits per heavy atom. The van der Waals surface area contributed by atoms with E-state index in [-0.39, 0.29) is 11.8 Å². The van der Waals surface area contributed by atoms with Gasteiger partial charge in [0.15, 0.2) is 0 Å². The third-order valence-electron chi connectivity index (χ3n) is 6.34. The van der Waals surface area contributed by atoms with Gasteiger partial charge >= 0.3 is 0 Å². The van der Waals surface area contributed by atoms with Crippen molar-refractivity contribution in [1.29, 1.82) is 0 Å². The van der Waals surface area contributed by atoms with Crippen LogP contribution in [0.4, 0.5) is 0 Å². The highest BCUT2D eigenvalue weighted by atomic mass is 32.1. The zero-order valence-corrected chi connectivity index (χ0v) is 15.6. The van der Waals surface area contributed by atoms with Crippen LogP contribution in [0.2, 0.25) is 0 Å². The molecule has 2 atom stereocenters. The molecule has 26 heavy (non-hydrogen) atoms. The minimum absolute atomic E-state index is 0.163. The lowest BCUT2D eigenvalue weighted by Gasteiger charge is -2.31. The van der Waals surface area contributed by atoms with Gasteiger partial charge in [-0.3, -0.25) is 4.79 Å². The molecule has 0 radical (unpaired) electrons. The zero-order chi connectivity index (χ0) is 17.6. The SMILES string of the molecule is O=C([C@@H]1COc2ccccc21)N(Cc1ccsc1)[C@@H]1CC12CCNCC2. The van der Waals surface area contributed by atoms with Gasteiger partial charge < -0.3 is 15.0 Å². The Morgan fingerprint density at radius 1 is 1.27 bits per heavy atom. The van der Waals surface area contributed by atoms with Crippen molar-refractivity contribution in [3.63, 3.8) is 0 Å². The molecule has 2 aromatic rings. The quantitative estimate of drug-likeness (QED) is 0.899. The number of ether oxygens (including phenoxy) is 1. The maximum absolute atomic E-state index is 13.6. The molecule has 1 aromatic carbocycles. The molecular formula is C21H24N2O2S. The lowest BCUT2D eigenvalue weighted by atomic mass is 9.92. The topological polar surface area (TPSA) is 41.6 Å². The molecule has 1 saturated carbocycles. The number of benzene rings is 1. The number of carbonyl (C=O) groups is 1. The first-order valence-electron chi connectivity index (χ1n) is 9.51. The summed E-state index contributed by atoms with van der Waals surface area (Å²) in [7, 11) is 0. The summed E-state index contributed by atoms with van der Waals surface area (Å²) in [6.45, 7) is 3.35. The average molecular weight is 369 g/mol. The average Bonchev–Trinajstić information content (AvgIpc) is 3.08. The second kappa shape index (κ2) is 6.39. The van der Waals surface area contributed by atoms with Crippen molar-refractivity contribution >= 4 is 17.2 Å². The smallest absolute Gasteiger partial charge is 0.234 e. The van der Waals surface area contributed by atoms with E-state index in [2.05, 4.69) is 27.0 Å². The highest BCUT2D eigenvalue weighted by Crippen LogP contribution is 2.56. The van der Waals surface area contributed by atoms with E-state index in [0.717, 1.165) is 37.4 Å². The number of piperidine rings is 1. The van der Waals surface area contributed by atoms with Crippen LogP contribution in [0, 0.1) is 5.41 Å². The maximum atomic E-state index is 13.6.